The molecule has 2 N–H and O–H groups in total. The van der Waals surface area contributed by atoms with Gasteiger partial charge in [-0.1, -0.05) is 19.1 Å². The van der Waals surface area contributed by atoms with E-state index >= 15 is 0 Å². The number of likely N-dealkylation sites (N-methyl/N-ethyl adjacent to an activating group) is 1. The van der Waals surface area contributed by atoms with Crippen LogP contribution < -0.4 is 10.6 Å². The molecule has 0 amide bonds. The quantitative estimate of drug-likeness (QED) is 0.341. The third-order valence-corrected chi connectivity index (χ3v) is 2.90. The summed E-state index contributed by atoms with van der Waals surface area (Å²) < 4.78 is 0. The van der Waals surface area contributed by atoms with E-state index in [9.17, 15) is 0 Å². The van der Waals surface area contributed by atoms with Crippen molar-refractivity contribution in [2.45, 2.75) is 25.8 Å². The van der Waals surface area contributed by atoms with Crippen LogP contribution in [0, 0.1) is 0 Å². The summed E-state index contributed by atoms with van der Waals surface area (Å²) in [5.74, 6) is 0.915. The number of rotatable bonds is 5. The molecule has 1 aliphatic carbocycles. The maximum Gasteiger partial charge on any atom is 0.191 e. The van der Waals surface area contributed by atoms with Gasteiger partial charge in [0.05, 0.1) is 0 Å². The van der Waals surface area contributed by atoms with E-state index in [1.165, 1.54) is 0 Å². The number of halogens is 1. The van der Waals surface area contributed by atoms with Crippen molar-refractivity contribution in [3.63, 3.8) is 0 Å². The Bertz CT molecular complexity index is 245. The first-order chi connectivity index (χ1) is 7.76. The minimum absolute atomic E-state index is 0. The fraction of sp³-hybridized carbons (Fsp3) is 0.750. The SMILES string of the molecule is CCN(C)CCNC(=NC)NC1CC=CC1.I. The number of nitrogens with one attached hydrogen (secondary N) is 2. The van der Waals surface area contributed by atoms with Crippen LogP contribution in [0.1, 0.15) is 19.8 Å². The van der Waals surface area contributed by atoms with Crippen LogP contribution in [-0.4, -0.2) is 50.6 Å². The van der Waals surface area contributed by atoms with Crippen molar-refractivity contribution in [2.24, 2.45) is 4.99 Å². The van der Waals surface area contributed by atoms with Gasteiger partial charge < -0.3 is 15.5 Å². The minimum Gasteiger partial charge on any atom is -0.355 e. The van der Waals surface area contributed by atoms with Gasteiger partial charge in [-0.2, -0.15) is 0 Å². The number of hydrogen-bond acceptors (Lipinski definition) is 2. The molecule has 0 aromatic rings. The molecule has 17 heavy (non-hydrogen) atoms. The van der Waals surface area contributed by atoms with Crippen LogP contribution in [0.15, 0.2) is 17.1 Å². The van der Waals surface area contributed by atoms with E-state index in [0.29, 0.717) is 6.04 Å². The van der Waals surface area contributed by atoms with Crippen molar-refractivity contribution >= 4 is 29.9 Å². The van der Waals surface area contributed by atoms with E-state index in [1.807, 2.05) is 7.05 Å². The second-order valence-electron chi connectivity index (χ2n) is 4.18. The van der Waals surface area contributed by atoms with Crippen LogP contribution in [0.25, 0.3) is 0 Å². The molecule has 100 valence electrons. The molecule has 0 saturated carbocycles. The molecule has 0 unspecified atom stereocenters. The van der Waals surface area contributed by atoms with Gasteiger partial charge in [0.15, 0.2) is 5.96 Å². The van der Waals surface area contributed by atoms with Gasteiger partial charge in [-0.3, -0.25) is 4.99 Å². The Kier molecular flexibility index (Phi) is 9.53. The van der Waals surface area contributed by atoms with Gasteiger partial charge in [-0.25, -0.2) is 0 Å². The summed E-state index contributed by atoms with van der Waals surface area (Å²) in [4.78, 5) is 6.50. The van der Waals surface area contributed by atoms with E-state index in [2.05, 4.69) is 46.6 Å². The Morgan fingerprint density at radius 1 is 1.41 bits per heavy atom. The van der Waals surface area contributed by atoms with Crippen molar-refractivity contribution < 1.29 is 0 Å². The van der Waals surface area contributed by atoms with Gasteiger partial charge >= 0.3 is 0 Å². The largest absolute Gasteiger partial charge is 0.355 e. The van der Waals surface area contributed by atoms with Crippen molar-refractivity contribution in [1.82, 2.24) is 15.5 Å². The fourth-order valence-electron chi connectivity index (χ4n) is 1.65. The molecule has 0 atom stereocenters. The van der Waals surface area contributed by atoms with Gasteiger partial charge in [0.25, 0.3) is 0 Å². The van der Waals surface area contributed by atoms with Crippen LogP contribution >= 0.6 is 24.0 Å². The van der Waals surface area contributed by atoms with Crippen LogP contribution in [0.4, 0.5) is 0 Å². The first-order valence-corrected chi connectivity index (χ1v) is 6.07. The maximum absolute atomic E-state index is 4.22. The number of aliphatic imine (C=N–C) groups is 1. The molecular formula is C12H25IN4. The molecule has 0 heterocycles. The lowest BCUT2D eigenvalue weighted by molar-refractivity contribution is 0.357. The Balaban J connectivity index is 0.00000256. The predicted molar refractivity (Wildman–Crippen MR) is 85.2 cm³/mol. The second-order valence-corrected chi connectivity index (χ2v) is 4.18. The Hall–Kier alpha value is -0.300. The average Bonchev–Trinajstić information content (AvgIpc) is 2.80. The smallest absolute Gasteiger partial charge is 0.191 e. The Labute approximate surface area is 122 Å². The first-order valence-electron chi connectivity index (χ1n) is 6.07. The Morgan fingerprint density at radius 3 is 2.59 bits per heavy atom. The highest BCUT2D eigenvalue weighted by Crippen LogP contribution is 2.08. The molecule has 1 aliphatic rings. The first kappa shape index (κ1) is 16.7. The zero-order valence-electron chi connectivity index (χ0n) is 11.1. The van der Waals surface area contributed by atoms with Crippen LogP contribution in [0.5, 0.6) is 0 Å². The van der Waals surface area contributed by atoms with Gasteiger partial charge in [0.2, 0.25) is 0 Å². The van der Waals surface area contributed by atoms with Crippen LogP contribution in [0.2, 0.25) is 0 Å². The summed E-state index contributed by atoms with van der Waals surface area (Å²) in [5, 5.41) is 6.75. The summed E-state index contributed by atoms with van der Waals surface area (Å²) in [6, 6.07) is 0.523. The van der Waals surface area contributed by atoms with Crippen molar-refractivity contribution in [3.05, 3.63) is 12.2 Å². The van der Waals surface area contributed by atoms with E-state index in [4.69, 9.17) is 0 Å². The van der Waals surface area contributed by atoms with Gasteiger partial charge in [-0.05, 0) is 26.4 Å². The molecule has 4 nitrogen and oxygen atoms in total. The minimum atomic E-state index is 0. The second kappa shape index (κ2) is 9.70. The normalized spacial score (nSPS) is 16.1. The lowest BCUT2D eigenvalue weighted by atomic mass is 10.2. The molecule has 0 bridgehead atoms. The number of nitrogens with zero attached hydrogens (tertiary/aromatic N) is 2. The standard InChI is InChI=1S/C12H24N4.HI/c1-4-16(3)10-9-14-12(13-2)15-11-7-5-6-8-11;/h5-6,11H,4,7-10H2,1-3H3,(H2,13,14,15);1H. The third kappa shape index (κ3) is 6.88. The molecule has 0 aromatic carbocycles. The van der Waals surface area contributed by atoms with Crippen LogP contribution in [0.3, 0.4) is 0 Å². The number of guanidine groups is 1. The summed E-state index contributed by atoms with van der Waals surface area (Å²) in [7, 11) is 3.94. The van der Waals surface area contributed by atoms with Crippen molar-refractivity contribution in [2.75, 3.05) is 33.7 Å². The molecule has 1 rings (SSSR count). The van der Waals surface area contributed by atoms with Crippen molar-refractivity contribution in [3.8, 4) is 0 Å². The Morgan fingerprint density at radius 2 is 2.06 bits per heavy atom. The molecule has 0 aromatic heterocycles. The van der Waals surface area contributed by atoms with Gasteiger partial charge in [0.1, 0.15) is 0 Å². The zero-order valence-corrected chi connectivity index (χ0v) is 13.4. The van der Waals surface area contributed by atoms with E-state index in [0.717, 1.165) is 38.4 Å². The lowest BCUT2D eigenvalue weighted by Crippen LogP contribution is -2.44. The lowest BCUT2D eigenvalue weighted by Gasteiger charge is -2.19. The molecule has 0 radical (unpaired) electrons. The predicted octanol–water partition coefficient (Wildman–Crippen LogP) is 1.44. The molecule has 0 aliphatic heterocycles. The van der Waals surface area contributed by atoms with E-state index in [-0.39, 0.29) is 24.0 Å². The average molecular weight is 352 g/mol. The highest BCUT2D eigenvalue weighted by Gasteiger charge is 2.11. The molecular weight excluding hydrogens is 327 g/mol. The monoisotopic (exact) mass is 352 g/mol. The van der Waals surface area contributed by atoms with Gasteiger partial charge in [0, 0.05) is 26.2 Å². The fourth-order valence-corrected chi connectivity index (χ4v) is 1.65. The number of hydrogen-bond donors (Lipinski definition) is 2. The highest BCUT2D eigenvalue weighted by molar-refractivity contribution is 14.0. The summed E-state index contributed by atoms with van der Waals surface area (Å²) in [6.45, 7) is 5.22. The molecule has 0 spiro atoms. The summed E-state index contributed by atoms with van der Waals surface area (Å²) in [5.41, 5.74) is 0. The highest BCUT2D eigenvalue weighted by atomic mass is 127. The maximum atomic E-state index is 4.22. The summed E-state index contributed by atoms with van der Waals surface area (Å²) >= 11 is 0. The van der Waals surface area contributed by atoms with Crippen molar-refractivity contribution in [1.29, 1.82) is 0 Å². The topological polar surface area (TPSA) is 39.7 Å². The van der Waals surface area contributed by atoms with Gasteiger partial charge in [-0.15, -0.1) is 24.0 Å². The third-order valence-electron chi connectivity index (χ3n) is 2.90. The van der Waals surface area contributed by atoms with Crippen LogP contribution in [-0.2, 0) is 0 Å². The molecule has 0 fully saturated rings. The molecule has 0 saturated heterocycles. The molecule has 5 heteroatoms. The zero-order chi connectivity index (χ0) is 11.8. The van der Waals surface area contributed by atoms with E-state index in [1.54, 1.807) is 0 Å². The summed E-state index contributed by atoms with van der Waals surface area (Å²) in [6.07, 6.45) is 6.65. The van der Waals surface area contributed by atoms with E-state index < -0.39 is 0 Å².